The third kappa shape index (κ3) is 4.90. The standard InChI is InChI=1S/C17H25N3O/c1-4-9-18-11-13(2)16-7-5-15(6-8-16)12-21-17-10-14(3)19-20-17/h5-8,10,13,18H,4,9,11-12H2,1-3H3,(H,19,20). The maximum Gasteiger partial charge on any atom is 0.233 e. The predicted molar refractivity (Wildman–Crippen MR) is 85.7 cm³/mol. The van der Waals surface area contributed by atoms with E-state index in [4.69, 9.17) is 4.74 Å². The number of aromatic amines is 1. The zero-order chi connectivity index (χ0) is 15.1. The second-order valence-electron chi connectivity index (χ2n) is 5.52. The van der Waals surface area contributed by atoms with Crippen molar-refractivity contribution in [3.63, 3.8) is 0 Å². The summed E-state index contributed by atoms with van der Waals surface area (Å²) in [5, 5.41) is 10.4. The van der Waals surface area contributed by atoms with Gasteiger partial charge < -0.3 is 10.1 Å². The van der Waals surface area contributed by atoms with Crippen molar-refractivity contribution in [1.29, 1.82) is 0 Å². The Morgan fingerprint density at radius 1 is 1.29 bits per heavy atom. The molecule has 0 fully saturated rings. The zero-order valence-corrected chi connectivity index (χ0v) is 13.1. The summed E-state index contributed by atoms with van der Waals surface area (Å²) in [7, 11) is 0. The van der Waals surface area contributed by atoms with E-state index in [1.165, 1.54) is 12.0 Å². The summed E-state index contributed by atoms with van der Waals surface area (Å²) in [6.45, 7) is 9.05. The molecule has 1 aromatic carbocycles. The lowest BCUT2D eigenvalue weighted by molar-refractivity contribution is 0.293. The Balaban J connectivity index is 1.83. The van der Waals surface area contributed by atoms with Crippen LogP contribution in [0.4, 0.5) is 0 Å². The highest BCUT2D eigenvalue weighted by Gasteiger charge is 2.05. The van der Waals surface area contributed by atoms with Gasteiger partial charge in [0.05, 0.1) is 0 Å². The summed E-state index contributed by atoms with van der Waals surface area (Å²) in [4.78, 5) is 0. The van der Waals surface area contributed by atoms with Gasteiger partial charge in [-0.05, 0) is 36.9 Å². The van der Waals surface area contributed by atoms with Crippen LogP contribution in [0.5, 0.6) is 5.88 Å². The van der Waals surface area contributed by atoms with E-state index >= 15 is 0 Å². The van der Waals surface area contributed by atoms with Gasteiger partial charge in [-0.25, -0.2) is 0 Å². The first-order valence-corrected chi connectivity index (χ1v) is 7.63. The number of ether oxygens (including phenoxy) is 1. The molecule has 0 saturated heterocycles. The van der Waals surface area contributed by atoms with E-state index in [-0.39, 0.29) is 0 Å². The van der Waals surface area contributed by atoms with Crippen molar-refractivity contribution in [2.45, 2.75) is 39.7 Å². The summed E-state index contributed by atoms with van der Waals surface area (Å²) >= 11 is 0. The van der Waals surface area contributed by atoms with E-state index in [0.717, 1.165) is 24.3 Å². The number of aromatic nitrogens is 2. The molecule has 0 aliphatic heterocycles. The molecular formula is C17H25N3O. The maximum absolute atomic E-state index is 5.64. The van der Waals surface area contributed by atoms with Gasteiger partial charge in [0.15, 0.2) is 0 Å². The van der Waals surface area contributed by atoms with Gasteiger partial charge >= 0.3 is 0 Å². The third-order valence-electron chi connectivity index (χ3n) is 3.50. The molecule has 0 aliphatic carbocycles. The number of aryl methyl sites for hydroxylation is 1. The normalized spacial score (nSPS) is 12.3. The molecule has 4 heteroatoms. The van der Waals surface area contributed by atoms with Gasteiger partial charge in [-0.2, -0.15) is 0 Å². The molecule has 1 heterocycles. The molecule has 2 N–H and O–H groups in total. The minimum Gasteiger partial charge on any atom is -0.472 e. The quantitative estimate of drug-likeness (QED) is 0.732. The molecule has 1 aromatic heterocycles. The average Bonchev–Trinajstić information content (AvgIpc) is 2.91. The Kier molecular flexibility index (Phi) is 5.81. The minimum atomic E-state index is 0.528. The highest BCUT2D eigenvalue weighted by molar-refractivity contribution is 5.25. The smallest absolute Gasteiger partial charge is 0.233 e. The van der Waals surface area contributed by atoms with Crippen LogP contribution in [0.3, 0.4) is 0 Å². The summed E-state index contributed by atoms with van der Waals surface area (Å²) in [5.41, 5.74) is 3.53. The SMILES string of the molecule is CCCNCC(C)c1ccc(COc2cc(C)[nH]n2)cc1. The largest absolute Gasteiger partial charge is 0.472 e. The molecule has 1 atom stereocenters. The van der Waals surface area contributed by atoms with E-state index in [1.807, 2.05) is 13.0 Å². The van der Waals surface area contributed by atoms with E-state index in [1.54, 1.807) is 0 Å². The average molecular weight is 287 g/mol. The van der Waals surface area contributed by atoms with E-state index in [2.05, 4.69) is 53.6 Å². The van der Waals surface area contributed by atoms with Crippen molar-refractivity contribution >= 4 is 0 Å². The van der Waals surface area contributed by atoms with Gasteiger partial charge in [-0.15, -0.1) is 5.10 Å². The molecule has 21 heavy (non-hydrogen) atoms. The van der Waals surface area contributed by atoms with Crippen LogP contribution in [0.25, 0.3) is 0 Å². The number of benzene rings is 1. The molecule has 2 rings (SSSR count). The fraction of sp³-hybridized carbons (Fsp3) is 0.471. The molecule has 0 spiro atoms. The van der Waals surface area contributed by atoms with Crippen LogP contribution in [-0.4, -0.2) is 23.3 Å². The van der Waals surface area contributed by atoms with E-state index in [9.17, 15) is 0 Å². The molecule has 0 amide bonds. The number of nitrogens with one attached hydrogen (secondary N) is 2. The van der Waals surface area contributed by atoms with Crippen LogP contribution < -0.4 is 10.1 Å². The molecule has 0 saturated carbocycles. The summed E-state index contributed by atoms with van der Waals surface area (Å²) in [6, 6.07) is 10.5. The molecule has 114 valence electrons. The van der Waals surface area contributed by atoms with Crippen LogP contribution in [-0.2, 0) is 6.61 Å². The third-order valence-corrected chi connectivity index (χ3v) is 3.50. The highest BCUT2D eigenvalue weighted by atomic mass is 16.5. The Morgan fingerprint density at radius 2 is 2.05 bits per heavy atom. The number of nitrogens with zero attached hydrogens (tertiary/aromatic N) is 1. The number of hydrogen-bond acceptors (Lipinski definition) is 3. The number of rotatable bonds is 8. The van der Waals surface area contributed by atoms with Crippen molar-refractivity contribution in [3.8, 4) is 5.88 Å². The first-order chi connectivity index (χ1) is 10.2. The van der Waals surface area contributed by atoms with E-state index in [0.29, 0.717) is 18.4 Å². The summed E-state index contributed by atoms with van der Waals surface area (Å²) in [5.74, 6) is 1.18. The van der Waals surface area contributed by atoms with Gasteiger partial charge in [-0.3, -0.25) is 5.10 Å². The van der Waals surface area contributed by atoms with Crippen LogP contribution in [0.2, 0.25) is 0 Å². The molecule has 1 unspecified atom stereocenters. The summed E-state index contributed by atoms with van der Waals surface area (Å²) in [6.07, 6.45) is 1.18. The second kappa shape index (κ2) is 7.84. The first kappa shape index (κ1) is 15.6. The Bertz CT molecular complexity index is 533. The molecule has 2 aromatic rings. The molecule has 0 radical (unpaired) electrons. The van der Waals surface area contributed by atoms with Crippen molar-refractivity contribution in [2.24, 2.45) is 0 Å². The van der Waals surface area contributed by atoms with Crippen molar-refractivity contribution < 1.29 is 4.74 Å². The summed E-state index contributed by atoms with van der Waals surface area (Å²) < 4.78 is 5.64. The van der Waals surface area contributed by atoms with Crippen LogP contribution in [0, 0.1) is 6.92 Å². The molecule has 0 bridgehead atoms. The lowest BCUT2D eigenvalue weighted by Crippen LogP contribution is -2.20. The Hall–Kier alpha value is -1.81. The Morgan fingerprint density at radius 3 is 2.67 bits per heavy atom. The lowest BCUT2D eigenvalue weighted by Gasteiger charge is -2.13. The molecule has 4 nitrogen and oxygen atoms in total. The zero-order valence-electron chi connectivity index (χ0n) is 13.1. The topological polar surface area (TPSA) is 49.9 Å². The van der Waals surface area contributed by atoms with Gasteiger partial charge in [0, 0.05) is 18.3 Å². The Labute approximate surface area is 126 Å². The van der Waals surface area contributed by atoms with Gasteiger partial charge in [0.25, 0.3) is 0 Å². The van der Waals surface area contributed by atoms with Gasteiger partial charge in [0.2, 0.25) is 5.88 Å². The molecule has 0 aliphatic rings. The van der Waals surface area contributed by atoms with Crippen molar-refractivity contribution in [1.82, 2.24) is 15.5 Å². The van der Waals surface area contributed by atoms with Gasteiger partial charge in [0.1, 0.15) is 6.61 Å². The van der Waals surface area contributed by atoms with Gasteiger partial charge in [-0.1, -0.05) is 38.1 Å². The molecular weight excluding hydrogens is 262 g/mol. The van der Waals surface area contributed by atoms with Crippen LogP contribution in [0.15, 0.2) is 30.3 Å². The predicted octanol–water partition coefficient (Wildman–Crippen LogP) is 3.40. The van der Waals surface area contributed by atoms with E-state index < -0.39 is 0 Å². The highest BCUT2D eigenvalue weighted by Crippen LogP contribution is 2.16. The fourth-order valence-corrected chi connectivity index (χ4v) is 2.18. The van der Waals surface area contributed by atoms with Crippen molar-refractivity contribution in [2.75, 3.05) is 13.1 Å². The first-order valence-electron chi connectivity index (χ1n) is 7.63. The van der Waals surface area contributed by atoms with Crippen molar-refractivity contribution in [3.05, 3.63) is 47.2 Å². The lowest BCUT2D eigenvalue weighted by atomic mass is 10.00. The monoisotopic (exact) mass is 287 g/mol. The minimum absolute atomic E-state index is 0.528. The second-order valence-corrected chi connectivity index (χ2v) is 5.52. The maximum atomic E-state index is 5.64. The number of H-pyrrole nitrogens is 1. The van der Waals surface area contributed by atoms with Crippen LogP contribution >= 0.6 is 0 Å². The van der Waals surface area contributed by atoms with Crippen LogP contribution in [0.1, 0.15) is 43.0 Å². The number of hydrogen-bond donors (Lipinski definition) is 2. The fourth-order valence-electron chi connectivity index (χ4n) is 2.18.